The Morgan fingerprint density at radius 1 is 1.22 bits per heavy atom. The second-order valence-electron chi connectivity index (χ2n) is 11.3. The second kappa shape index (κ2) is 7.51. The van der Waals surface area contributed by atoms with Crippen LogP contribution < -0.4 is 0 Å². The Morgan fingerprint density at radius 3 is 2.53 bits per heavy atom. The Hall–Kier alpha value is -1.50. The summed E-state index contributed by atoms with van der Waals surface area (Å²) in [4.78, 5) is 25.7. The third-order valence-electron chi connectivity index (χ3n) is 9.16. The third-order valence-corrected chi connectivity index (χ3v) is 9.16. The highest BCUT2D eigenvalue weighted by Crippen LogP contribution is 2.76. The molecule has 2 fully saturated rings. The fraction of sp³-hybridized carbons (Fsp3) is 0.769. The maximum absolute atomic E-state index is 12.9. The molecule has 0 bridgehead atoms. The van der Waals surface area contributed by atoms with Gasteiger partial charge in [-0.3, -0.25) is 9.59 Å². The Kier molecular flexibility index (Phi) is 5.55. The maximum Gasteiger partial charge on any atom is 0.306 e. The van der Waals surface area contributed by atoms with Gasteiger partial charge in [-0.2, -0.15) is 0 Å². The van der Waals surface area contributed by atoms with Gasteiger partial charge in [-0.15, -0.1) is 0 Å². The molecule has 0 aromatic carbocycles. The van der Waals surface area contributed by atoms with Crippen LogP contribution >= 0.6 is 0 Å². The van der Waals surface area contributed by atoms with Crippen molar-refractivity contribution in [2.45, 2.75) is 89.9 Å². The number of ether oxygens (including phenoxy) is 1. The number of ketones is 1. The van der Waals surface area contributed by atoms with Crippen molar-refractivity contribution in [3.05, 3.63) is 23.3 Å². The van der Waals surface area contributed by atoms with Gasteiger partial charge >= 0.3 is 5.97 Å². The van der Waals surface area contributed by atoms with Crippen molar-refractivity contribution >= 4 is 11.8 Å². The van der Waals surface area contributed by atoms with Crippen LogP contribution in [0, 0.1) is 29.1 Å². The average molecular weight is 447 g/mol. The first-order chi connectivity index (χ1) is 14.9. The van der Waals surface area contributed by atoms with E-state index < -0.39 is 28.6 Å². The number of hydrogen-bond donors (Lipinski definition) is 3. The summed E-state index contributed by atoms with van der Waals surface area (Å²) < 4.78 is 6.18. The van der Waals surface area contributed by atoms with Crippen molar-refractivity contribution in [1.82, 2.24) is 0 Å². The normalized spacial score (nSPS) is 43.9. The zero-order valence-corrected chi connectivity index (χ0v) is 20.0. The summed E-state index contributed by atoms with van der Waals surface area (Å²) in [5.41, 5.74) is -3.19. The number of fused-ring (bicyclic) bond motifs is 5. The minimum Gasteiger partial charge on any atom is -0.458 e. The van der Waals surface area contributed by atoms with E-state index in [2.05, 4.69) is 20.8 Å². The van der Waals surface area contributed by atoms with Gasteiger partial charge in [0.15, 0.2) is 5.78 Å². The van der Waals surface area contributed by atoms with Gasteiger partial charge in [0.2, 0.25) is 0 Å². The number of hydrogen-bond acceptors (Lipinski definition) is 6. The number of carbonyl (C=O) groups is 2. The van der Waals surface area contributed by atoms with E-state index in [4.69, 9.17) is 4.74 Å². The second-order valence-corrected chi connectivity index (χ2v) is 11.3. The smallest absolute Gasteiger partial charge is 0.306 e. The van der Waals surface area contributed by atoms with Gasteiger partial charge in [0.05, 0.1) is 12.2 Å². The van der Waals surface area contributed by atoms with Crippen molar-refractivity contribution in [3.63, 3.8) is 0 Å². The van der Waals surface area contributed by atoms with Crippen LogP contribution in [-0.4, -0.2) is 50.5 Å². The van der Waals surface area contributed by atoms with E-state index in [1.54, 1.807) is 13.0 Å². The summed E-state index contributed by atoms with van der Waals surface area (Å²) >= 11 is 0. The molecule has 178 valence electrons. The average Bonchev–Trinajstić information content (AvgIpc) is 3.12. The van der Waals surface area contributed by atoms with E-state index in [1.165, 1.54) is 0 Å². The molecule has 6 heteroatoms. The van der Waals surface area contributed by atoms with Crippen LogP contribution in [0.15, 0.2) is 23.3 Å². The van der Waals surface area contributed by atoms with Crippen LogP contribution in [0.3, 0.4) is 0 Å². The van der Waals surface area contributed by atoms with Crippen molar-refractivity contribution in [2.24, 2.45) is 29.1 Å². The number of esters is 1. The molecule has 0 aromatic heterocycles. The molecular weight excluding hydrogens is 408 g/mol. The number of aliphatic hydroxyl groups excluding tert-OH is 1. The van der Waals surface area contributed by atoms with Crippen LogP contribution in [0.25, 0.3) is 0 Å². The van der Waals surface area contributed by atoms with Crippen LogP contribution in [0.4, 0.5) is 0 Å². The van der Waals surface area contributed by atoms with Crippen LogP contribution in [0.2, 0.25) is 0 Å². The zero-order chi connectivity index (χ0) is 23.7. The summed E-state index contributed by atoms with van der Waals surface area (Å²) in [5, 5.41) is 33.8. The molecule has 4 rings (SSSR count). The van der Waals surface area contributed by atoms with E-state index in [0.29, 0.717) is 24.0 Å². The predicted octanol–water partition coefficient (Wildman–Crippen LogP) is 3.09. The molecule has 7 atom stereocenters. The lowest BCUT2D eigenvalue weighted by molar-refractivity contribution is -0.187. The molecule has 32 heavy (non-hydrogen) atoms. The molecule has 0 unspecified atom stereocenters. The highest BCUT2D eigenvalue weighted by Gasteiger charge is 2.83. The van der Waals surface area contributed by atoms with E-state index in [1.807, 2.05) is 13.0 Å². The molecule has 0 saturated heterocycles. The first kappa shape index (κ1) is 23.7. The molecule has 4 aliphatic rings. The van der Waals surface area contributed by atoms with Crippen molar-refractivity contribution in [3.8, 4) is 0 Å². The van der Waals surface area contributed by atoms with Gasteiger partial charge in [0.25, 0.3) is 0 Å². The lowest BCUT2D eigenvalue weighted by Gasteiger charge is -2.50. The van der Waals surface area contributed by atoms with E-state index in [0.717, 1.165) is 19.3 Å². The van der Waals surface area contributed by atoms with Crippen LogP contribution in [0.5, 0.6) is 0 Å². The number of Topliss-reactive ketones (excluding diaryl/α,β-unsaturated/α-hetero) is 1. The fourth-order valence-corrected chi connectivity index (χ4v) is 7.37. The third kappa shape index (κ3) is 2.95. The summed E-state index contributed by atoms with van der Waals surface area (Å²) in [6.07, 6.45) is 7.27. The summed E-state index contributed by atoms with van der Waals surface area (Å²) in [7, 11) is 0. The number of unbranched alkanes of at least 4 members (excludes halogenated alkanes) is 2. The first-order valence-corrected chi connectivity index (χ1v) is 12.1. The van der Waals surface area contributed by atoms with Gasteiger partial charge in [0.1, 0.15) is 11.2 Å². The summed E-state index contributed by atoms with van der Waals surface area (Å²) in [6.45, 7) is 9.54. The van der Waals surface area contributed by atoms with Crippen molar-refractivity contribution in [2.75, 3.05) is 6.61 Å². The molecular formula is C26H38O6. The number of aliphatic hydroxyl groups is 3. The van der Waals surface area contributed by atoms with Crippen LogP contribution in [0.1, 0.15) is 73.1 Å². The molecule has 0 aromatic rings. The Labute approximate surface area is 190 Å². The molecule has 0 heterocycles. The predicted molar refractivity (Wildman–Crippen MR) is 119 cm³/mol. The molecule has 4 aliphatic carbocycles. The highest BCUT2D eigenvalue weighted by atomic mass is 16.6. The lowest BCUT2D eigenvalue weighted by Crippen LogP contribution is -2.61. The van der Waals surface area contributed by atoms with Crippen molar-refractivity contribution < 1.29 is 29.6 Å². The molecule has 0 spiro atoms. The summed E-state index contributed by atoms with van der Waals surface area (Å²) in [6, 6.07) is 0. The van der Waals surface area contributed by atoms with E-state index >= 15 is 0 Å². The van der Waals surface area contributed by atoms with Gasteiger partial charge in [0, 0.05) is 36.0 Å². The van der Waals surface area contributed by atoms with Crippen molar-refractivity contribution in [1.29, 1.82) is 0 Å². The largest absolute Gasteiger partial charge is 0.458 e. The van der Waals surface area contributed by atoms with E-state index in [9.17, 15) is 24.9 Å². The quantitative estimate of drug-likeness (QED) is 0.329. The molecule has 3 N–H and O–H groups in total. The first-order valence-electron chi connectivity index (χ1n) is 12.1. The topological polar surface area (TPSA) is 104 Å². The minimum absolute atomic E-state index is 0.00330. The molecule has 0 radical (unpaired) electrons. The number of carbonyl (C=O) groups excluding carboxylic acids is 2. The van der Waals surface area contributed by atoms with E-state index in [-0.39, 0.29) is 42.0 Å². The number of rotatable bonds is 6. The molecule has 2 saturated carbocycles. The Morgan fingerprint density at radius 2 is 1.91 bits per heavy atom. The summed E-state index contributed by atoms with van der Waals surface area (Å²) in [5.74, 6) is -2.26. The minimum atomic E-state index is -1.76. The van der Waals surface area contributed by atoms with Gasteiger partial charge in [-0.05, 0) is 36.8 Å². The van der Waals surface area contributed by atoms with Gasteiger partial charge in [-0.1, -0.05) is 52.7 Å². The zero-order valence-electron chi connectivity index (χ0n) is 20.0. The fourth-order valence-electron chi connectivity index (χ4n) is 7.37. The molecule has 0 amide bonds. The standard InChI is InChI=1S/C26H38O6/c1-6-7-8-9-20(28)32-25-12-16(3)26(31)18(21(25)23(25,4)5)11-17(14-27)13-24(30)19(26)10-15(2)22(24)29/h10-11,16,18-19,21,27,30-31H,6-9,12-14H2,1-5H3/t16-,18+,19-,21-,24-,25+,26-/m1/s1. The maximum atomic E-state index is 12.9. The SMILES string of the molecule is CCCCCC(=O)O[C@@]12C[C@@H](C)[C@@]3(O)[C@@H](C=C(CO)C[C@]4(O)C(=O)C(C)=C[C@@H]34)[C@@H]1C2(C)C. The highest BCUT2D eigenvalue weighted by molar-refractivity contribution is 6.04. The van der Waals surface area contributed by atoms with Gasteiger partial charge < -0.3 is 20.1 Å². The lowest BCUT2D eigenvalue weighted by atomic mass is 9.60. The monoisotopic (exact) mass is 446 g/mol. The Bertz CT molecular complexity index is 887. The van der Waals surface area contributed by atoms with Gasteiger partial charge in [-0.25, -0.2) is 0 Å². The molecule has 0 aliphatic heterocycles. The van der Waals surface area contributed by atoms with Crippen LogP contribution in [-0.2, 0) is 14.3 Å². The Balaban J connectivity index is 1.74. The molecule has 6 nitrogen and oxygen atoms in total.